The summed E-state index contributed by atoms with van der Waals surface area (Å²) in [5.41, 5.74) is 0.784. The van der Waals surface area contributed by atoms with E-state index < -0.39 is 12.1 Å². The number of hydrogen-bond donors (Lipinski definition) is 1. The second kappa shape index (κ2) is 6.11. The van der Waals surface area contributed by atoms with Crippen molar-refractivity contribution in [3.63, 3.8) is 0 Å². The summed E-state index contributed by atoms with van der Waals surface area (Å²) in [4.78, 5) is 26.3. The van der Waals surface area contributed by atoms with E-state index in [2.05, 4.69) is 27.9 Å². The second-order valence-corrected chi connectivity index (χ2v) is 6.80. The first-order chi connectivity index (χ1) is 9.40. The molecule has 4 nitrogen and oxygen atoms in total. The van der Waals surface area contributed by atoms with Gasteiger partial charge in [-0.25, -0.2) is 0 Å². The van der Waals surface area contributed by atoms with Gasteiger partial charge < -0.3 is 5.32 Å². The molecule has 5 heteroatoms. The number of nitrogens with zero attached hydrogens (tertiary/aromatic N) is 1. The Morgan fingerprint density at radius 2 is 1.85 bits per heavy atom. The van der Waals surface area contributed by atoms with Crippen molar-refractivity contribution in [2.45, 2.75) is 39.3 Å². The topological polar surface area (TPSA) is 49.4 Å². The van der Waals surface area contributed by atoms with Crippen molar-refractivity contribution in [2.24, 2.45) is 5.92 Å². The number of carbonyl (C=O) groups excluding carboxylic acids is 2. The van der Waals surface area contributed by atoms with Crippen LogP contribution in [0.5, 0.6) is 0 Å². The molecule has 2 atom stereocenters. The summed E-state index contributed by atoms with van der Waals surface area (Å²) in [7, 11) is 0. The predicted molar refractivity (Wildman–Crippen MR) is 87.5 cm³/mol. The summed E-state index contributed by atoms with van der Waals surface area (Å²) in [6.07, 6.45) is 0.665. The Labute approximate surface area is 133 Å². The Bertz CT molecular complexity index is 513. The molecule has 1 aromatic rings. The Morgan fingerprint density at radius 1 is 1.25 bits per heavy atom. The van der Waals surface area contributed by atoms with E-state index in [4.69, 9.17) is 0 Å². The maximum absolute atomic E-state index is 12.6. The summed E-state index contributed by atoms with van der Waals surface area (Å²) in [6.45, 7) is 5.86. The molecule has 1 fully saturated rings. The largest absolute Gasteiger partial charge is 0.342 e. The van der Waals surface area contributed by atoms with Gasteiger partial charge in [-0.15, -0.1) is 0 Å². The molecule has 0 spiro atoms. The number of benzene rings is 1. The molecule has 1 aliphatic heterocycles. The van der Waals surface area contributed by atoms with Gasteiger partial charge in [0, 0.05) is 9.26 Å². The van der Waals surface area contributed by atoms with Gasteiger partial charge in [0.1, 0.15) is 12.1 Å². The van der Waals surface area contributed by atoms with Gasteiger partial charge in [0.05, 0.1) is 0 Å². The van der Waals surface area contributed by atoms with E-state index in [1.54, 1.807) is 11.8 Å². The number of rotatable bonds is 3. The molecule has 1 aliphatic rings. The van der Waals surface area contributed by atoms with Gasteiger partial charge in [-0.05, 0) is 66.1 Å². The molecule has 1 aromatic carbocycles. The van der Waals surface area contributed by atoms with Crippen LogP contribution in [-0.4, -0.2) is 23.9 Å². The molecule has 1 heterocycles. The maximum Gasteiger partial charge on any atom is 0.250 e. The fourth-order valence-electron chi connectivity index (χ4n) is 2.41. The monoisotopic (exact) mass is 386 g/mol. The number of carbonyl (C=O) groups is 2. The van der Waals surface area contributed by atoms with Gasteiger partial charge in [0.15, 0.2) is 0 Å². The number of nitrogens with one attached hydrogen (secondary N) is 1. The summed E-state index contributed by atoms with van der Waals surface area (Å²) in [5, 5.41) is 2.83. The zero-order chi connectivity index (χ0) is 14.9. The molecular weight excluding hydrogens is 367 g/mol. The smallest absolute Gasteiger partial charge is 0.250 e. The van der Waals surface area contributed by atoms with Gasteiger partial charge in [0.25, 0.3) is 0 Å². The summed E-state index contributed by atoms with van der Waals surface area (Å²) in [6, 6.07) is 6.78. The van der Waals surface area contributed by atoms with Crippen molar-refractivity contribution in [1.29, 1.82) is 0 Å². The lowest BCUT2D eigenvalue weighted by atomic mass is 9.98. The Kier molecular flexibility index (Phi) is 4.67. The predicted octanol–water partition coefficient (Wildman–Crippen LogP) is 2.56. The average molecular weight is 386 g/mol. The summed E-state index contributed by atoms with van der Waals surface area (Å²) >= 11 is 2.22. The van der Waals surface area contributed by atoms with Crippen LogP contribution in [0.15, 0.2) is 24.3 Å². The molecule has 1 saturated heterocycles. The van der Waals surface area contributed by atoms with Crippen LogP contribution in [0, 0.1) is 9.49 Å². The van der Waals surface area contributed by atoms with Crippen molar-refractivity contribution in [3.8, 4) is 0 Å². The van der Waals surface area contributed by atoms with Crippen molar-refractivity contribution >= 4 is 40.1 Å². The van der Waals surface area contributed by atoms with E-state index in [1.807, 2.05) is 38.1 Å². The van der Waals surface area contributed by atoms with Crippen LogP contribution >= 0.6 is 22.6 Å². The van der Waals surface area contributed by atoms with Crippen LogP contribution in [-0.2, 0) is 9.59 Å². The normalized spacial score (nSPS) is 23.1. The van der Waals surface area contributed by atoms with Crippen LogP contribution in [0.1, 0.15) is 27.2 Å². The zero-order valence-electron chi connectivity index (χ0n) is 11.9. The highest BCUT2D eigenvalue weighted by molar-refractivity contribution is 14.1. The molecule has 2 rings (SSSR count). The van der Waals surface area contributed by atoms with Crippen molar-refractivity contribution < 1.29 is 9.59 Å². The van der Waals surface area contributed by atoms with Crippen LogP contribution in [0.3, 0.4) is 0 Å². The third kappa shape index (κ3) is 3.13. The van der Waals surface area contributed by atoms with Crippen LogP contribution in [0.25, 0.3) is 0 Å². The Morgan fingerprint density at radius 3 is 2.40 bits per heavy atom. The number of amides is 2. The van der Waals surface area contributed by atoms with Crippen LogP contribution in [0.4, 0.5) is 5.69 Å². The third-order valence-electron chi connectivity index (χ3n) is 3.43. The average Bonchev–Trinajstić information content (AvgIpc) is 2.38. The van der Waals surface area contributed by atoms with E-state index >= 15 is 0 Å². The highest BCUT2D eigenvalue weighted by Gasteiger charge is 2.38. The standard InChI is InChI=1S/C15H19IN2O2/c1-9(2)8-13-15(20)18(10(3)14(19)17-13)12-6-4-11(16)5-7-12/h4-7,9-10,13H,8H2,1-3H3,(H,17,19). The quantitative estimate of drug-likeness (QED) is 0.812. The van der Waals surface area contributed by atoms with E-state index in [0.29, 0.717) is 12.3 Å². The first kappa shape index (κ1) is 15.3. The van der Waals surface area contributed by atoms with Gasteiger partial charge in [0.2, 0.25) is 11.8 Å². The maximum atomic E-state index is 12.6. The highest BCUT2D eigenvalue weighted by Crippen LogP contribution is 2.24. The lowest BCUT2D eigenvalue weighted by Gasteiger charge is -2.38. The van der Waals surface area contributed by atoms with Gasteiger partial charge in [-0.1, -0.05) is 13.8 Å². The van der Waals surface area contributed by atoms with E-state index in [1.165, 1.54) is 0 Å². The lowest BCUT2D eigenvalue weighted by molar-refractivity contribution is -0.133. The van der Waals surface area contributed by atoms with Crippen molar-refractivity contribution in [1.82, 2.24) is 5.32 Å². The molecule has 108 valence electrons. The number of halogens is 1. The van der Waals surface area contributed by atoms with Crippen LogP contribution < -0.4 is 10.2 Å². The van der Waals surface area contributed by atoms with E-state index in [0.717, 1.165) is 9.26 Å². The van der Waals surface area contributed by atoms with E-state index in [-0.39, 0.29) is 11.8 Å². The third-order valence-corrected chi connectivity index (χ3v) is 4.15. The fourth-order valence-corrected chi connectivity index (χ4v) is 2.77. The molecule has 0 bridgehead atoms. The Hall–Kier alpha value is -1.11. The number of anilines is 1. The van der Waals surface area contributed by atoms with E-state index in [9.17, 15) is 9.59 Å². The minimum atomic E-state index is -0.467. The van der Waals surface area contributed by atoms with Crippen molar-refractivity contribution in [3.05, 3.63) is 27.8 Å². The molecule has 0 aromatic heterocycles. The SMILES string of the molecule is CC(C)CC1NC(=O)C(C)N(c2ccc(I)cc2)C1=O. The molecule has 0 aliphatic carbocycles. The first-order valence-corrected chi connectivity index (χ1v) is 7.87. The molecule has 20 heavy (non-hydrogen) atoms. The van der Waals surface area contributed by atoms with Gasteiger partial charge in [-0.2, -0.15) is 0 Å². The highest BCUT2D eigenvalue weighted by atomic mass is 127. The van der Waals surface area contributed by atoms with Crippen LogP contribution in [0.2, 0.25) is 0 Å². The molecule has 2 unspecified atom stereocenters. The number of hydrogen-bond acceptors (Lipinski definition) is 2. The molecule has 1 N–H and O–H groups in total. The lowest BCUT2D eigenvalue weighted by Crippen LogP contribution is -2.63. The molecular formula is C15H19IN2O2. The molecule has 0 radical (unpaired) electrons. The molecule has 0 saturated carbocycles. The van der Waals surface area contributed by atoms with Gasteiger partial charge >= 0.3 is 0 Å². The summed E-state index contributed by atoms with van der Waals surface area (Å²) < 4.78 is 1.10. The fraction of sp³-hybridized carbons (Fsp3) is 0.467. The Balaban J connectivity index is 2.30. The second-order valence-electron chi connectivity index (χ2n) is 5.55. The minimum Gasteiger partial charge on any atom is -0.342 e. The van der Waals surface area contributed by atoms with Crippen molar-refractivity contribution in [2.75, 3.05) is 4.90 Å². The first-order valence-electron chi connectivity index (χ1n) is 6.79. The number of piperazine rings is 1. The summed E-state index contributed by atoms with van der Waals surface area (Å²) in [5.74, 6) is 0.247. The van der Waals surface area contributed by atoms with Gasteiger partial charge in [-0.3, -0.25) is 14.5 Å². The minimum absolute atomic E-state index is 0.0213. The molecule has 2 amide bonds. The zero-order valence-corrected chi connectivity index (χ0v) is 14.0.